The molecule has 6 saturated heterocycles. The van der Waals surface area contributed by atoms with Gasteiger partial charge in [-0.3, -0.25) is 24.6 Å². The first-order chi connectivity index (χ1) is 37.1. The zero-order chi connectivity index (χ0) is 51.7. The molecule has 1 unspecified atom stereocenters. The molecule has 0 radical (unpaired) electrons. The Hall–Kier alpha value is -6.70. The molecule has 76 heavy (non-hydrogen) atoms. The summed E-state index contributed by atoms with van der Waals surface area (Å²) in [7, 11) is 0. The van der Waals surface area contributed by atoms with E-state index in [-0.39, 0.29) is 83.7 Å². The summed E-state index contributed by atoms with van der Waals surface area (Å²) in [6, 6.07) is 16.3. The largest absolute Gasteiger partial charge is 0.508 e. The Balaban J connectivity index is 0.618. The molecule has 0 spiro atoms. The molecule has 4 atom stereocenters. The van der Waals surface area contributed by atoms with Crippen molar-refractivity contribution in [2.75, 3.05) is 75.5 Å². The molecule has 8 aliphatic rings. The molecule has 0 saturated carbocycles. The summed E-state index contributed by atoms with van der Waals surface area (Å²) in [5.74, 6) is -0.807. The summed E-state index contributed by atoms with van der Waals surface area (Å²) >= 11 is 0. The van der Waals surface area contributed by atoms with Crippen molar-refractivity contribution in [1.29, 1.82) is 0 Å². The Morgan fingerprint density at radius 2 is 1.67 bits per heavy atom. The van der Waals surface area contributed by atoms with Crippen molar-refractivity contribution in [3.05, 3.63) is 77.2 Å². The molecule has 0 aliphatic carbocycles. The van der Waals surface area contributed by atoms with Crippen LogP contribution in [0.1, 0.15) is 98.7 Å². The number of likely N-dealkylation sites (tertiary alicyclic amines) is 1. The predicted octanol–water partition coefficient (Wildman–Crippen LogP) is 6.65. The number of anilines is 2. The number of aromatic nitrogens is 3. The van der Waals surface area contributed by atoms with Gasteiger partial charge in [-0.15, -0.1) is 0 Å². The van der Waals surface area contributed by atoms with Crippen LogP contribution in [-0.4, -0.2) is 160 Å². The number of benzene rings is 3. The average Bonchev–Trinajstić information content (AvgIpc) is 4.08. The van der Waals surface area contributed by atoms with E-state index in [9.17, 15) is 24.3 Å². The lowest BCUT2D eigenvalue weighted by molar-refractivity contribution is -0.136. The van der Waals surface area contributed by atoms with E-state index in [1.165, 1.54) is 0 Å². The molecule has 2 N–H and O–H groups in total. The molecule has 3 aromatic carbocycles. The lowest BCUT2D eigenvalue weighted by Gasteiger charge is -2.38. The molecular formula is C57H64FN9O9. The zero-order valence-electron chi connectivity index (χ0n) is 42.7. The number of phenols is 1. The predicted molar refractivity (Wildman–Crippen MR) is 279 cm³/mol. The minimum absolute atomic E-state index is 0.0257. The Morgan fingerprint density at radius 3 is 2.51 bits per heavy atom. The number of hydrogen-bond acceptors (Lipinski definition) is 15. The minimum Gasteiger partial charge on any atom is -0.508 e. The molecule has 10 heterocycles. The van der Waals surface area contributed by atoms with Crippen molar-refractivity contribution in [3.63, 3.8) is 0 Å². The number of rotatable bonds is 10. The number of ether oxygens (including phenoxy) is 4. The van der Waals surface area contributed by atoms with Crippen LogP contribution in [-0.2, 0) is 36.8 Å². The quantitative estimate of drug-likeness (QED) is 0.141. The van der Waals surface area contributed by atoms with Gasteiger partial charge in [-0.2, -0.15) is 9.97 Å². The lowest BCUT2D eigenvalue weighted by Crippen LogP contribution is -2.52. The SMILES string of the molecule is O=C1CCC(N2Cc3cc(N4CCC(OC5CCN(C(=O)OC[C@@H]6CC[C@]7(COc8nc9c%10c(nc(-c%11cc(O)cc%12ccccc%11%12)c(F)c%10n8)CC[C@H]8COCCCN98)CCCN67)CC5)CC4)ccc3C2=O)C(=O)N1. The fourth-order valence-corrected chi connectivity index (χ4v) is 13.7. The van der Waals surface area contributed by atoms with Crippen LogP contribution in [0.3, 0.4) is 0 Å². The van der Waals surface area contributed by atoms with Crippen LogP contribution in [0.25, 0.3) is 32.9 Å². The second kappa shape index (κ2) is 20.0. The number of nitrogens with one attached hydrogen (secondary N) is 1. The molecular weight excluding hydrogens is 974 g/mol. The molecule has 13 rings (SSSR count). The highest BCUT2D eigenvalue weighted by Gasteiger charge is 2.50. The number of nitrogens with zero attached hydrogens (tertiary/aromatic N) is 8. The van der Waals surface area contributed by atoms with Gasteiger partial charge in [0.1, 0.15) is 42.0 Å². The third-order valence-corrected chi connectivity index (χ3v) is 17.6. The van der Waals surface area contributed by atoms with Crippen molar-refractivity contribution in [1.82, 2.24) is 35.0 Å². The van der Waals surface area contributed by atoms with Gasteiger partial charge in [-0.1, -0.05) is 24.3 Å². The number of pyridine rings is 1. The third-order valence-electron chi connectivity index (χ3n) is 17.6. The summed E-state index contributed by atoms with van der Waals surface area (Å²) in [5, 5.41) is 15.3. The first-order valence-corrected chi connectivity index (χ1v) is 27.5. The Morgan fingerprint density at radius 1 is 0.842 bits per heavy atom. The van der Waals surface area contributed by atoms with Crippen molar-refractivity contribution >= 4 is 57.0 Å². The number of phenolic OH excluding ortho intramolecular Hbond substituents is 1. The maximum atomic E-state index is 17.3. The highest BCUT2D eigenvalue weighted by atomic mass is 19.1. The van der Waals surface area contributed by atoms with Crippen LogP contribution in [0.2, 0.25) is 0 Å². The van der Waals surface area contributed by atoms with E-state index in [2.05, 4.69) is 26.1 Å². The number of piperidine rings is 3. The number of aromatic hydroxyl groups is 1. The van der Waals surface area contributed by atoms with Crippen LogP contribution in [0.15, 0.2) is 54.6 Å². The molecule has 19 heteroatoms. The number of imide groups is 1. The Bertz CT molecular complexity index is 3130. The Labute approximate surface area is 439 Å². The zero-order valence-corrected chi connectivity index (χ0v) is 42.7. The molecule has 0 bridgehead atoms. The normalized spacial score (nSPS) is 25.4. The van der Waals surface area contributed by atoms with Crippen molar-refractivity contribution < 1.29 is 47.6 Å². The molecule has 6 fully saturated rings. The third kappa shape index (κ3) is 9.00. The molecule has 18 nitrogen and oxygen atoms in total. The maximum absolute atomic E-state index is 17.3. The summed E-state index contributed by atoms with van der Waals surface area (Å²) in [6.45, 7) is 6.46. The van der Waals surface area contributed by atoms with Crippen LogP contribution in [0.4, 0.5) is 20.7 Å². The van der Waals surface area contributed by atoms with Crippen LogP contribution in [0, 0.1) is 5.82 Å². The summed E-state index contributed by atoms with van der Waals surface area (Å²) in [4.78, 5) is 76.3. The summed E-state index contributed by atoms with van der Waals surface area (Å²) < 4.78 is 42.7. The molecule has 4 amide bonds. The first-order valence-electron chi connectivity index (χ1n) is 27.5. The van der Waals surface area contributed by atoms with E-state index in [1.54, 1.807) is 21.9 Å². The monoisotopic (exact) mass is 1040 g/mol. The summed E-state index contributed by atoms with van der Waals surface area (Å²) in [5.41, 5.74) is 3.76. The second-order valence-corrected chi connectivity index (χ2v) is 22.1. The van der Waals surface area contributed by atoms with Gasteiger partial charge in [-0.05, 0) is 130 Å². The number of amides is 4. The average molecular weight is 1040 g/mol. The smallest absolute Gasteiger partial charge is 0.409 e. The van der Waals surface area contributed by atoms with E-state index in [4.69, 9.17) is 33.9 Å². The molecule has 8 aliphatic heterocycles. The van der Waals surface area contributed by atoms with Crippen molar-refractivity contribution in [3.8, 4) is 23.0 Å². The second-order valence-electron chi connectivity index (χ2n) is 22.1. The number of aryl methyl sites for hydroxylation is 1. The number of hydrogen-bond donors (Lipinski definition) is 2. The van der Waals surface area contributed by atoms with E-state index in [0.717, 1.165) is 106 Å². The minimum atomic E-state index is -0.634. The standard InChI is InChI=1S/C57H64FN9O9/c58-49-50(44-29-39(68)28-34-5-1-2-6-42(34)44)59-45-10-8-37-31-73-26-4-20-65(37)52-48(45)51(49)61-55(62-52)75-33-57-18-3-21-67(57)38(13-19-57)32-74-56(72)64-24-16-41(17-25-64)76-40-14-22-63(23-15-40)36-7-9-43-35(27-36)30-66(54(43)71)46-11-12-47(69)60-53(46)70/h1-2,5-7,9,27-29,37-38,40-41,46,68H,3-4,8,10-26,30-33H2,(H,60,69,70)/t37-,38-,46?,57-/m0/s1. The van der Waals surface area contributed by atoms with Gasteiger partial charge >= 0.3 is 12.1 Å². The van der Waals surface area contributed by atoms with Crippen molar-refractivity contribution in [2.45, 2.75) is 126 Å². The van der Waals surface area contributed by atoms with Crippen molar-refractivity contribution in [2.24, 2.45) is 0 Å². The Kier molecular flexibility index (Phi) is 12.9. The number of carbonyl (C=O) groups excluding carboxylic acids is 4. The van der Waals surface area contributed by atoms with Crippen LogP contribution in [0.5, 0.6) is 11.8 Å². The highest BCUT2D eigenvalue weighted by Crippen LogP contribution is 2.45. The van der Waals surface area contributed by atoms with E-state index >= 15 is 4.39 Å². The van der Waals surface area contributed by atoms with Gasteiger partial charge in [0.2, 0.25) is 11.8 Å². The number of carbonyl (C=O) groups is 4. The highest BCUT2D eigenvalue weighted by molar-refractivity contribution is 6.06. The van der Waals surface area contributed by atoms with E-state index < -0.39 is 17.8 Å². The number of halogens is 1. The van der Waals surface area contributed by atoms with Crippen LogP contribution < -0.4 is 19.9 Å². The molecule has 2 aromatic heterocycles. The lowest BCUT2D eigenvalue weighted by atomic mass is 9.95. The number of fused-ring (bicyclic) bond motifs is 5. The molecule has 398 valence electrons. The van der Waals surface area contributed by atoms with Gasteiger partial charge in [0.15, 0.2) is 5.82 Å². The van der Waals surface area contributed by atoms with Gasteiger partial charge in [-0.25, -0.2) is 14.2 Å². The fraction of sp³-hybridized carbons (Fsp3) is 0.526. The van der Waals surface area contributed by atoms with Crippen LogP contribution >= 0.6 is 0 Å². The topological polar surface area (TPSA) is 192 Å². The van der Waals surface area contributed by atoms with Gasteiger partial charge in [0.25, 0.3) is 5.91 Å². The van der Waals surface area contributed by atoms with Gasteiger partial charge in [0.05, 0.1) is 41.5 Å². The van der Waals surface area contributed by atoms with E-state index in [1.807, 2.05) is 36.4 Å². The fourth-order valence-electron chi connectivity index (χ4n) is 13.7. The maximum Gasteiger partial charge on any atom is 0.409 e. The summed E-state index contributed by atoms with van der Waals surface area (Å²) in [6.07, 6.45) is 9.43. The molecule has 5 aromatic rings. The van der Waals surface area contributed by atoms with Gasteiger partial charge < -0.3 is 43.7 Å². The van der Waals surface area contributed by atoms with E-state index in [0.29, 0.717) is 86.9 Å². The first kappa shape index (κ1) is 48.9. The van der Waals surface area contributed by atoms with Gasteiger partial charge in [0, 0.05) is 75.2 Å².